The Balaban J connectivity index is 1.54. The topological polar surface area (TPSA) is 61.0 Å². The number of thioether (sulfide) groups is 1. The monoisotopic (exact) mass is 344 g/mol. The van der Waals surface area contributed by atoms with Crippen LogP contribution in [0.5, 0.6) is 0 Å². The molecule has 0 radical (unpaired) electrons. The minimum atomic E-state index is -0.0283. The van der Waals surface area contributed by atoms with E-state index in [9.17, 15) is 4.79 Å². The summed E-state index contributed by atoms with van der Waals surface area (Å²) in [5, 5.41) is 3.81. The molecule has 2 N–H and O–H groups in total. The van der Waals surface area contributed by atoms with Crippen LogP contribution in [0.1, 0.15) is 25.1 Å². The standard InChI is InChI=1S/C18H24N4OS/c1-22(18(23)20-14-8-9-15(10-14)24-2)12-17-19-11-16(21-17)13-6-4-3-5-7-13/h3-7,11,14-15H,8-10,12H2,1-2H3,(H,19,21)(H,20,23)/t14-,15-/m1/s1. The highest BCUT2D eigenvalue weighted by Crippen LogP contribution is 2.28. The molecule has 5 nitrogen and oxygen atoms in total. The van der Waals surface area contributed by atoms with Crippen LogP contribution >= 0.6 is 11.8 Å². The van der Waals surface area contributed by atoms with Crippen LogP contribution in [0.3, 0.4) is 0 Å². The molecular formula is C18H24N4OS. The second kappa shape index (κ2) is 7.75. The number of nitrogens with zero attached hydrogens (tertiary/aromatic N) is 2. The minimum Gasteiger partial charge on any atom is -0.341 e. The zero-order valence-corrected chi connectivity index (χ0v) is 15.0. The largest absolute Gasteiger partial charge is 0.341 e. The second-order valence-corrected chi connectivity index (χ2v) is 7.42. The first kappa shape index (κ1) is 16.9. The van der Waals surface area contributed by atoms with Gasteiger partial charge in [-0.15, -0.1) is 0 Å². The lowest BCUT2D eigenvalue weighted by Gasteiger charge is -2.20. The number of urea groups is 1. The zero-order valence-electron chi connectivity index (χ0n) is 14.2. The van der Waals surface area contributed by atoms with Crippen molar-refractivity contribution >= 4 is 17.8 Å². The van der Waals surface area contributed by atoms with Gasteiger partial charge < -0.3 is 15.2 Å². The summed E-state index contributed by atoms with van der Waals surface area (Å²) in [4.78, 5) is 21.7. The maximum Gasteiger partial charge on any atom is 0.317 e. The van der Waals surface area contributed by atoms with Gasteiger partial charge in [0.05, 0.1) is 18.4 Å². The Morgan fingerprint density at radius 3 is 2.88 bits per heavy atom. The average Bonchev–Trinajstić information content (AvgIpc) is 3.25. The second-order valence-electron chi connectivity index (χ2n) is 6.28. The van der Waals surface area contributed by atoms with Gasteiger partial charge in [-0.25, -0.2) is 9.78 Å². The Kier molecular flexibility index (Phi) is 5.45. The summed E-state index contributed by atoms with van der Waals surface area (Å²) in [6.45, 7) is 0.470. The molecule has 1 aromatic heterocycles. The fraction of sp³-hybridized carbons (Fsp3) is 0.444. The first-order chi connectivity index (χ1) is 11.7. The van der Waals surface area contributed by atoms with Gasteiger partial charge in [-0.2, -0.15) is 11.8 Å². The van der Waals surface area contributed by atoms with Gasteiger partial charge in [0.25, 0.3) is 0 Å². The minimum absolute atomic E-state index is 0.0283. The Morgan fingerprint density at radius 1 is 1.38 bits per heavy atom. The van der Waals surface area contributed by atoms with Crippen molar-refractivity contribution in [2.75, 3.05) is 13.3 Å². The lowest BCUT2D eigenvalue weighted by atomic mass is 10.2. The van der Waals surface area contributed by atoms with Gasteiger partial charge in [-0.3, -0.25) is 0 Å². The van der Waals surface area contributed by atoms with Crippen molar-refractivity contribution in [1.29, 1.82) is 0 Å². The Morgan fingerprint density at radius 2 is 2.17 bits per heavy atom. The first-order valence-corrected chi connectivity index (χ1v) is 9.58. The third kappa shape index (κ3) is 4.12. The average molecular weight is 344 g/mol. The van der Waals surface area contributed by atoms with Crippen LogP contribution < -0.4 is 5.32 Å². The third-order valence-corrected chi connectivity index (χ3v) is 5.59. The number of hydrogen-bond acceptors (Lipinski definition) is 3. The summed E-state index contributed by atoms with van der Waals surface area (Å²) in [6.07, 6.45) is 7.29. The number of imidazole rings is 1. The molecule has 2 atom stereocenters. The SMILES string of the molecule is CS[C@@H]1CC[C@@H](NC(=O)N(C)Cc2ncc(-c3ccccc3)[nH]2)C1. The number of carbonyl (C=O) groups is 1. The van der Waals surface area contributed by atoms with Crippen molar-refractivity contribution in [2.45, 2.75) is 37.1 Å². The van der Waals surface area contributed by atoms with Crippen LogP contribution in [0.15, 0.2) is 36.5 Å². The number of rotatable bonds is 5. The molecule has 1 fully saturated rings. The van der Waals surface area contributed by atoms with Crippen molar-refractivity contribution in [3.05, 3.63) is 42.4 Å². The highest BCUT2D eigenvalue weighted by Gasteiger charge is 2.26. The highest BCUT2D eigenvalue weighted by molar-refractivity contribution is 7.99. The maximum absolute atomic E-state index is 12.3. The summed E-state index contributed by atoms with van der Waals surface area (Å²) in [5.74, 6) is 0.792. The highest BCUT2D eigenvalue weighted by atomic mass is 32.2. The molecule has 0 aliphatic heterocycles. The Labute approximate surface area is 147 Å². The maximum atomic E-state index is 12.3. The molecule has 24 heavy (non-hydrogen) atoms. The molecule has 1 heterocycles. The van der Waals surface area contributed by atoms with E-state index in [1.165, 1.54) is 6.42 Å². The molecule has 128 valence electrons. The molecule has 2 amide bonds. The summed E-state index contributed by atoms with van der Waals surface area (Å²) in [5.41, 5.74) is 2.07. The van der Waals surface area contributed by atoms with Crippen LogP contribution in [0.2, 0.25) is 0 Å². The fourth-order valence-electron chi connectivity index (χ4n) is 3.07. The van der Waals surface area contributed by atoms with Crippen molar-refractivity contribution in [3.8, 4) is 11.3 Å². The number of H-pyrrole nitrogens is 1. The van der Waals surface area contributed by atoms with E-state index in [-0.39, 0.29) is 6.03 Å². The van der Waals surface area contributed by atoms with Gasteiger partial charge in [0.1, 0.15) is 5.82 Å². The molecule has 2 aromatic rings. The molecule has 1 aliphatic carbocycles. The van der Waals surface area contributed by atoms with Crippen molar-refractivity contribution in [3.63, 3.8) is 0 Å². The van der Waals surface area contributed by atoms with Gasteiger partial charge >= 0.3 is 6.03 Å². The first-order valence-electron chi connectivity index (χ1n) is 8.29. The van der Waals surface area contributed by atoms with Gasteiger partial charge in [0.15, 0.2) is 0 Å². The van der Waals surface area contributed by atoms with Crippen molar-refractivity contribution in [1.82, 2.24) is 20.2 Å². The molecule has 1 aromatic carbocycles. The van der Waals surface area contributed by atoms with E-state index in [0.29, 0.717) is 17.8 Å². The van der Waals surface area contributed by atoms with E-state index >= 15 is 0 Å². The van der Waals surface area contributed by atoms with E-state index < -0.39 is 0 Å². The van der Waals surface area contributed by atoms with E-state index in [1.807, 2.05) is 48.3 Å². The number of aromatic nitrogens is 2. The van der Waals surface area contributed by atoms with Crippen molar-refractivity contribution in [2.24, 2.45) is 0 Å². The zero-order chi connectivity index (χ0) is 16.9. The van der Waals surface area contributed by atoms with Gasteiger partial charge in [-0.05, 0) is 31.1 Å². The number of hydrogen-bond donors (Lipinski definition) is 2. The molecule has 3 rings (SSSR count). The third-order valence-electron chi connectivity index (χ3n) is 4.49. The summed E-state index contributed by atoms with van der Waals surface area (Å²) >= 11 is 1.90. The Bertz CT molecular complexity index is 673. The Hall–Kier alpha value is -1.95. The molecule has 0 spiro atoms. The van der Waals surface area contributed by atoms with Gasteiger partial charge in [0.2, 0.25) is 0 Å². The molecule has 0 bridgehead atoms. The summed E-state index contributed by atoms with van der Waals surface area (Å²) < 4.78 is 0. The van der Waals surface area contributed by atoms with Gasteiger partial charge in [-0.1, -0.05) is 30.3 Å². The number of carbonyl (C=O) groups excluding carboxylic acids is 1. The number of aromatic amines is 1. The van der Waals surface area contributed by atoms with E-state index in [2.05, 4.69) is 21.5 Å². The lowest BCUT2D eigenvalue weighted by Crippen LogP contribution is -2.42. The quantitative estimate of drug-likeness (QED) is 0.873. The molecule has 1 saturated carbocycles. The van der Waals surface area contributed by atoms with Gasteiger partial charge in [0, 0.05) is 18.3 Å². The summed E-state index contributed by atoms with van der Waals surface area (Å²) in [6, 6.07) is 10.3. The number of nitrogens with one attached hydrogen (secondary N) is 2. The number of amides is 2. The molecule has 1 aliphatic rings. The lowest BCUT2D eigenvalue weighted by molar-refractivity contribution is 0.202. The van der Waals surface area contributed by atoms with E-state index in [1.54, 1.807) is 11.9 Å². The normalized spacial score (nSPS) is 20.1. The molecule has 6 heteroatoms. The fourth-order valence-corrected chi connectivity index (χ4v) is 3.87. The smallest absolute Gasteiger partial charge is 0.317 e. The molecule has 0 saturated heterocycles. The van der Waals surface area contributed by atoms with Crippen LogP contribution in [-0.4, -0.2) is 45.5 Å². The predicted molar refractivity (Wildman–Crippen MR) is 99.0 cm³/mol. The summed E-state index contributed by atoms with van der Waals surface area (Å²) in [7, 11) is 1.81. The van der Waals surface area contributed by atoms with Crippen LogP contribution in [-0.2, 0) is 6.54 Å². The molecule has 0 unspecified atom stereocenters. The van der Waals surface area contributed by atoms with Crippen molar-refractivity contribution < 1.29 is 4.79 Å². The van der Waals surface area contributed by atoms with Crippen LogP contribution in [0.25, 0.3) is 11.3 Å². The van der Waals surface area contributed by atoms with E-state index in [4.69, 9.17) is 0 Å². The predicted octanol–water partition coefficient (Wildman–Crippen LogP) is 3.50. The van der Waals surface area contributed by atoms with Crippen LogP contribution in [0, 0.1) is 0 Å². The van der Waals surface area contributed by atoms with E-state index in [0.717, 1.165) is 29.9 Å². The van der Waals surface area contributed by atoms with Crippen LogP contribution in [0.4, 0.5) is 4.79 Å². The molecular weight excluding hydrogens is 320 g/mol. The number of benzene rings is 1.